The summed E-state index contributed by atoms with van der Waals surface area (Å²) in [6, 6.07) is 4.60. The van der Waals surface area contributed by atoms with Crippen molar-refractivity contribution in [3.05, 3.63) is 29.8 Å². The Bertz CT molecular complexity index is 579. The van der Waals surface area contributed by atoms with Gasteiger partial charge >= 0.3 is 12.1 Å². The highest BCUT2D eigenvalue weighted by atomic mass is 32.2. The molecule has 1 aromatic carbocycles. The largest absolute Gasteiger partial charge is 0.480 e. The third-order valence-corrected chi connectivity index (χ3v) is 4.52. The van der Waals surface area contributed by atoms with Gasteiger partial charge in [0.25, 0.3) is 0 Å². The average molecular weight is 378 g/mol. The molecule has 140 valence electrons. The number of hydrogen-bond donors (Lipinski definition) is 3. The van der Waals surface area contributed by atoms with E-state index in [9.17, 15) is 22.8 Å². The molecule has 0 bridgehead atoms. The number of halogens is 3. The topological polar surface area (TPSA) is 92.4 Å². The second kappa shape index (κ2) is 9.67. The molecule has 0 aliphatic rings. The van der Waals surface area contributed by atoms with Gasteiger partial charge in [-0.05, 0) is 42.0 Å². The molecule has 25 heavy (non-hydrogen) atoms. The van der Waals surface area contributed by atoms with Crippen LogP contribution in [0.4, 0.5) is 18.9 Å². The molecule has 2 atom stereocenters. The van der Waals surface area contributed by atoms with Crippen LogP contribution >= 0.6 is 11.8 Å². The molecular weight excluding hydrogens is 357 g/mol. The Morgan fingerprint density at radius 2 is 1.76 bits per heavy atom. The Hall–Kier alpha value is -1.74. The number of aliphatic carboxylic acids is 1. The third kappa shape index (κ3) is 7.78. The van der Waals surface area contributed by atoms with Crippen LogP contribution < -0.4 is 11.1 Å². The summed E-state index contributed by atoms with van der Waals surface area (Å²) >= 11 is 1.25. The maximum absolute atomic E-state index is 13.3. The van der Waals surface area contributed by atoms with Gasteiger partial charge in [-0.3, -0.25) is 9.59 Å². The quantitative estimate of drug-likeness (QED) is 0.574. The van der Waals surface area contributed by atoms with Crippen LogP contribution in [0.15, 0.2) is 24.3 Å². The van der Waals surface area contributed by atoms with Crippen molar-refractivity contribution < 1.29 is 27.9 Å². The number of rotatable bonds is 9. The van der Waals surface area contributed by atoms with Gasteiger partial charge in [-0.25, -0.2) is 0 Å². The molecule has 5 nitrogen and oxygen atoms in total. The van der Waals surface area contributed by atoms with Gasteiger partial charge in [-0.15, -0.1) is 0 Å². The summed E-state index contributed by atoms with van der Waals surface area (Å²) in [5.41, 5.74) is 5.91. The molecule has 0 heterocycles. The van der Waals surface area contributed by atoms with Crippen molar-refractivity contribution >= 4 is 29.3 Å². The van der Waals surface area contributed by atoms with E-state index in [0.717, 1.165) is 0 Å². The number of carbonyl (C=O) groups excluding carboxylic acids is 1. The van der Waals surface area contributed by atoms with Crippen molar-refractivity contribution in [3.63, 3.8) is 0 Å². The highest BCUT2D eigenvalue weighted by Gasteiger charge is 2.40. The minimum absolute atomic E-state index is 0.115. The highest BCUT2D eigenvalue weighted by Crippen LogP contribution is 2.38. The fraction of sp³-hybridized carbons (Fsp3) is 0.500. The molecule has 1 amide bonds. The second-order valence-corrected chi connectivity index (χ2v) is 6.76. The first-order valence-corrected chi connectivity index (χ1v) is 8.77. The Labute approximate surface area is 148 Å². The van der Waals surface area contributed by atoms with Gasteiger partial charge < -0.3 is 16.2 Å². The van der Waals surface area contributed by atoms with Gasteiger partial charge in [-0.1, -0.05) is 12.1 Å². The first kappa shape index (κ1) is 21.3. The number of hydrogen-bond acceptors (Lipinski definition) is 4. The van der Waals surface area contributed by atoms with Crippen molar-refractivity contribution in [1.29, 1.82) is 0 Å². The average Bonchev–Trinajstić information content (AvgIpc) is 2.49. The van der Waals surface area contributed by atoms with Crippen LogP contribution in [-0.4, -0.2) is 40.7 Å². The van der Waals surface area contributed by atoms with E-state index in [2.05, 4.69) is 5.32 Å². The number of carboxylic acids is 1. The standard InChI is InChI=1S/C16H21F3N2O3S/c1-10(22)21-12-4-2-11(3-5-12)13(16(17,18)19)6-8-25-9-7-14(20)15(23)24/h2-5,13-14H,6-9,20H2,1H3,(H,21,22)(H,23,24). The van der Waals surface area contributed by atoms with Gasteiger partial charge in [0, 0.05) is 12.6 Å². The number of thioether (sulfide) groups is 1. The Morgan fingerprint density at radius 1 is 1.20 bits per heavy atom. The number of carboxylic acid groups (broad SMARTS) is 1. The molecular formula is C16H21F3N2O3S. The van der Waals surface area contributed by atoms with Crippen molar-refractivity contribution in [1.82, 2.24) is 0 Å². The monoisotopic (exact) mass is 378 g/mol. The summed E-state index contributed by atoms with van der Waals surface area (Å²) in [7, 11) is 0. The molecule has 1 aromatic rings. The number of carbonyl (C=O) groups is 2. The summed E-state index contributed by atoms with van der Waals surface area (Å²) in [5, 5.41) is 11.2. The van der Waals surface area contributed by atoms with Crippen molar-refractivity contribution in [2.75, 3.05) is 16.8 Å². The fourth-order valence-corrected chi connectivity index (χ4v) is 3.19. The Balaban J connectivity index is 2.60. The number of alkyl halides is 3. The van der Waals surface area contributed by atoms with Gasteiger partial charge in [-0.2, -0.15) is 24.9 Å². The van der Waals surface area contributed by atoms with Crippen LogP contribution in [-0.2, 0) is 9.59 Å². The maximum Gasteiger partial charge on any atom is 0.395 e. The lowest BCUT2D eigenvalue weighted by molar-refractivity contribution is -0.150. The zero-order valence-electron chi connectivity index (χ0n) is 13.7. The molecule has 1 rings (SSSR count). The minimum atomic E-state index is -4.38. The molecule has 0 saturated heterocycles. The fourth-order valence-electron chi connectivity index (χ4n) is 2.16. The molecule has 0 aliphatic heterocycles. The number of anilines is 1. The van der Waals surface area contributed by atoms with E-state index in [1.807, 2.05) is 0 Å². The normalized spacial score (nSPS) is 14.0. The molecule has 9 heteroatoms. The van der Waals surface area contributed by atoms with Gasteiger partial charge in [0.1, 0.15) is 6.04 Å². The molecule has 2 unspecified atom stereocenters. The lowest BCUT2D eigenvalue weighted by Gasteiger charge is -2.21. The van der Waals surface area contributed by atoms with Crippen molar-refractivity contribution in [2.24, 2.45) is 5.73 Å². The highest BCUT2D eigenvalue weighted by molar-refractivity contribution is 7.99. The first-order valence-electron chi connectivity index (χ1n) is 7.61. The second-order valence-electron chi connectivity index (χ2n) is 5.53. The predicted octanol–water partition coefficient (Wildman–Crippen LogP) is 3.22. The molecule has 4 N–H and O–H groups in total. The summed E-state index contributed by atoms with van der Waals surface area (Å²) in [4.78, 5) is 21.5. The third-order valence-electron chi connectivity index (χ3n) is 3.47. The maximum atomic E-state index is 13.3. The van der Waals surface area contributed by atoms with Crippen molar-refractivity contribution in [3.8, 4) is 0 Å². The first-order chi connectivity index (χ1) is 11.6. The van der Waals surface area contributed by atoms with E-state index < -0.39 is 24.1 Å². The summed E-state index contributed by atoms with van der Waals surface area (Å²) in [6.07, 6.45) is -4.29. The van der Waals surface area contributed by atoms with Crippen LogP contribution in [0.2, 0.25) is 0 Å². The Kier molecular flexibility index (Phi) is 8.24. The van der Waals surface area contributed by atoms with Crippen LogP contribution in [0.1, 0.15) is 31.2 Å². The number of nitrogens with one attached hydrogen (secondary N) is 1. The number of nitrogens with two attached hydrogens (primary N) is 1. The SMILES string of the molecule is CC(=O)Nc1ccc(C(CCSCCC(N)C(=O)O)C(F)(F)F)cc1. The molecule has 0 spiro atoms. The van der Waals surface area contributed by atoms with E-state index in [1.54, 1.807) is 0 Å². The van der Waals surface area contributed by atoms with Crippen molar-refractivity contribution in [2.45, 2.75) is 37.9 Å². The predicted molar refractivity (Wildman–Crippen MR) is 91.7 cm³/mol. The van der Waals surface area contributed by atoms with E-state index in [-0.39, 0.29) is 30.1 Å². The molecule has 0 radical (unpaired) electrons. The smallest absolute Gasteiger partial charge is 0.395 e. The summed E-state index contributed by atoms with van der Waals surface area (Å²) in [5.74, 6) is -2.40. The molecule has 0 aromatic heterocycles. The van der Waals surface area contributed by atoms with Gasteiger partial charge in [0.2, 0.25) is 5.91 Å². The Morgan fingerprint density at radius 3 is 2.24 bits per heavy atom. The molecule has 0 fully saturated rings. The molecule has 0 saturated carbocycles. The van der Waals surface area contributed by atoms with Crippen LogP contribution in [0.3, 0.4) is 0 Å². The zero-order chi connectivity index (χ0) is 19.0. The minimum Gasteiger partial charge on any atom is -0.480 e. The number of amides is 1. The van der Waals surface area contributed by atoms with E-state index in [0.29, 0.717) is 11.4 Å². The van der Waals surface area contributed by atoms with Gasteiger partial charge in [0.15, 0.2) is 0 Å². The van der Waals surface area contributed by atoms with Crippen LogP contribution in [0.25, 0.3) is 0 Å². The van der Waals surface area contributed by atoms with Gasteiger partial charge in [0.05, 0.1) is 5.92 Å². The number of benzene rings is 1. The van der Waals surface area contributed by atoms with E-state index in [4.69, 9.17) is 10.8 Å². The van der Waals surface area contributed by atoms with Crippen LogP contribution in [0, 0.1) is 0 Å². The zero-order valence-corrected chi connectivity index (χ0v) is 14.5. The summed E-state index contributed by atoms with van der Waals surface area (Å²) in [6.45, 7) is 1.32. The van der Waals surface area contributed by atoms with E-state index in [1.165, 1.54) is 43.0 Å². The van der Waals surface area contributed by atoms with Crippen LogP contribution in [0.5, 0.6) is 0 Å². The lowest BCUT2D eigenvalue weighted by atomic mass is 9.95. The molecule has 0 aliphatic carbocycles. The summed E-state index contributed by atoms with van der Waals surface area (Å²) < 4.78 is 39.8. The lowest BCUT2D eigenvalue weighted by Crippen LogP contribution is -2.30. The van der Waals surface area contributed by atoms with E-state index >= 15 is 0 Å².